The van der Waals surface area contributed by atoms with E-state index >= 15 is 0 Å². The van der Waals surface area contributed by atoms with Gasteiger partial charge in [-0.2, -0.15) is 0 Å². The first-order chi connectivity index (χ1) is 6.34. The Balaban J connectivity index is 2.15. The lowest BCUT2D eigenvalue weighted by Gasteiger charge is -1.97. The number of benzene rings is 1. The molecule has 0 aliphatic carbocycles. The molecule has 66 valence electrons. The molecule has 0 saturated carbocycles. The van der Waals surface area contributed by atoms with E-state index in [1.54, 1.807) is 12.5 Å². The molecule has 0 N–H and O–H groups in total. The van der Waals surface area contributed by atoms with E-state index in [1.807, 2.05) is 0 Å². The number of aryl methyl sites for hydroxylation is 1. The molecule has 2 aromatic rings. The van der Waals surface area contributed by atoms with E-state index < -0.39 is 0 Å². The number of nitrogens with zero attached hydrogens (tertiary/aromatic N) is 1. The topological polar surface area (TPSA) is 26.0 Å². The summed E-state index contributed by atoms with van der Waals surface area (Å²) in [6.45, 7) is 2.08. The van der Waals surface area contributed by atoms with E-state index in [4.69, 9.17) is 4.42 Å². The van der Waals surface area contributed by atoms with Gasteiger partial charge in [0, 0.05) is 6.42 Å². The van der Waals surface area contributed by atoms with Crippen molar-refractivity contribution in [3.63, 3.8) is 0 Å². The fourth-order valence-electron chi connectivity index (χ4n) is 1.22. The molecule has 0 atom stereocenters. The lowest BCUT2D eigenvalue weighted by Crippen LogP contribution is -1.87. The molecule has 0 saturated heterocycles. The zero-order valence-electron chi connectivity index (χ0n) is 7.53. The second-order valence-electron chi connectivity index (χ2n) is 3.09. The Bertz CT molecular complexity index is 361. The molecular weight excluding hydrogens is 162 g/mol. The van der Waals surface area contributed by atoms with Crippen molar-refractivity contribution in [1.82, 2.24) is 4.98 Å². The highest BCUT2D eigenvalue weighted by Crippen LogP contribution is 2.08. The van der Waals surface area contributed by atoms with E-state index in [2.05, 4.69) is 36.2 Å². The molecule has 0 unspecified atom stereocenters. The van der Waals surface area contributed by atoms with Gasteiger partial charge < -0.3 is 4.42 Å². The minimum atomic E-state index is 0.767. The maximum absolute atomic E-state index is 5.16. The average Bonchev–Trinajstić information content (AvgIpc) is 2.62. The van der Waals surface area contributed by atoms with Crippen LogP contribution in [0.4, 0.5) is 0 Å². The summed E-state index contributed by atoms with van der Waals surface area (Å²) in [5.74, 6) is 0.767. The predicted octanol–water partition coefficient (Wildman–Crippen LogP) is 2.57. The van der Waals surface area contributed by atoms with Crippen molar-refractivity contribution >= 4 is 0 Å². The van der Waals surface area contributed by atoms with Crippen LogP contribution in [0.5, 0.6) is 0 Å². The fourth-order valence-corrected chi connectivity index (χ4v) is 1.22. The number of aromatic nitrogens is 1. The lowest BCUT2D eigenvalue weighted by atomic mass is 10.1. The van der Waals surface area contributed by atoms with E-state index in [9.17, 15) is 0 Å². The summed E-state index contributed by atoms with van der Waals surface area (Å²) in [5, 5.41) is 0. The summed E-state index contributed by atoms with van der Waals surface area (Å²) in [6.07, 6.45) is 4.04. The maximum atomic E-state index is 5.16. The molecule has 1 aromatic carbocycles. The van der Waals surface area contributed by atoms with Crippen molar-refractivity contribution < 1.29 is 4.42 Å². The summed E-state index contributed by atoms with van der Waals surface area (Å²) >= 11 is 0. The summed E-state index contributed by atoms with van der Waals surface area (Å²) in [5.41, 5.74) is 2.50. The second kappa shape index (κ2) is 3.44. The van der Waals surface area contributed by atoms with Crippen LogP contribution in [0.25, 0.3) is 0 Å². The van der Waals surface area contributed by atoms with Gasteiger partial charge in [0.2, 0.25) is 0 Å². The van der Waals surface area contributed by atoms with Crippen molar-refractivity contribution in [2.24, 2.45) is 0 Å². The third-order valence-corrected chi connectivity index (χ3v) is 1.96. The monoisotopic (exact) mass is 173 g/mol. The first kappa shape index (κ1) is 8.05. The quantitative estimate of drug-likeness (QED) is 0.697. The van der Waals surface area contributed by atoms with Crippen LogP contribution in [-0.2, 0) is 6.42 Å². The minimum Gasteiger partial charge on any atom is -0.449 e. The smallest absolute Gasteiger partial charge is 0.198 e. The minimum absolute atomic E-state index is 0.767. The average molecular weight is 173 g/mol. The van der Waals surface area contributed by atoms with Gasteiger partial charge in [-0.05, 0) is 12.5 Å². The second-order valence-corrected chi connectivity index (χ2v) is 3.09. The molecule has 0 amide bonds. The van der Waals surface area contributed by atoms with Crippen LogP contribution in [0.15, 0.2) is 41.1 Å². The number of hydrogen-bond acceptors (Lipinski definition) is 2. The number of hydrogen-bond donors (Lipinski definition) is 0. The molecular formula is C11H11NO. The van der Waals surface area contributed by atoms with Crippen LogP contribution in [-0.4, -0.2) is 4.98 Å². The SMILES string of the molecule is Cc1ccc(Cc2ncco2)cc1. The van der Waals surface area contributed by atoms with E-state index in [0.29, 0.717) is 0 Å². The van der Waals surface area contributed by atoms with Crippen molar-refractivity contribution in [1.29, 1.82) is 0 Å². The Kier molecular flexibility index (Phi) is 2.13. The zero-order chi connectivity index (χ0) is 9.10. The predicted molar refractivity (Wildman–Crippen MR) is 50.5 cm³/mol. The van der Waals surface area contributed by atoms with Crippen molar-refractivity contribution in [2.45, 2.75) is 13.3 Å². The number of rotatable bonds is 2. The molecule has 0 bridgehead atoms. The molecule has 0 fully saturated rings. The molecule has 0 aliphatic heterocycles. The van der Waals surface area contributed by atoms with Crippen molar-refractivity contribution in [3.8, 4) is 0 Å². The Morgan fingerprint density at radius 1 is 1.23 bits per heavy atom. The lowest BCUT2D eigenvalue weighted by molar-refractivity contribution is 0.507. The molecule has 0 spiro atoms. The molecule has 1 heterocycles. The molecule has 2 heteroatoms. The third-order valence-electron chi connectivity index (χ3n) is 1.96. The maximum Gasteiger partial charge on any atom is 0.198 e. The van der Waals surface area contributed by atoms with E-state index in [0.717, 1.165) is 12.3 Å². The first-order valence-corrected chi connectivity index (χ1v) is 4.28. The summed E-state index contributed by atoms with van der Waals surface area (Å²) < 4.78 is 5.16. The highest BCUT2D eigenvalue weighted by molar-refractivity contribution is 5.23. The Morgan fingerprint density at radius 2 is 2.00 bits per heavy atom. The molecule has 2 nitrogen and oxygen atoms in total. The van der Waals surface area contributed by atoms with Crippen LogP contribution >= 0.6 is 0 Å². The first-order valence-electron chi connectivity index (χ1n) is 4.28. The largest absolute Gasteiger partial charge is 0.449 e. The molecule has 2 rings (SSSR count). The molecule has 1 aromatic heterocycles. The van der Waals surface area contributed by atoms with Crippen molar-refractivity contribution in [3.05, 3.63) is 53.7 Å². The third kappa shape index (κ3) is 1.96. The van der Waals surface area contributed by atoms with Crippen LogP contribution in [0.2, 0.25) is 0 Å². The highest BCUT2D eigenvalue weighted by atomic mass is 16.3. The van der Waals surface area contributed by atoms with Crippen LogP contribution in [0.1, 0.15) is 17.0 Å². The molecule has 13 heavy (non-hydrogen) atoms. The van der Waals surface area contributed by atoms with Crippen LogP contribution in [0, 0.1) is 6.92 Å². The van der Waals surface area contributed by atoms with Gasteiger partial charge in [0.05, 0.1) is 6.20 Å². The van der Waals surface area contributed by atoms with Gasteiger partial charge in [-0.25, -0.2) is 4.98 Å². The summed E-state index contributed by atoms with van der Waals surface area (Å²) in [7, 11) is 0. The Labute approximate surface area is 77.2 Å². The Morgan fingerprint density at radius 3 is 2.62 bits per heavy atom. The Hall–Kier alpha value is -1.57. The van der Waals surface area contributed by atoms with Gasteiger partial charge >= 0.3 is 0 Å². The van der Waals surface area contributed by atoms with Crippen LogP contribution in [0.3, 0.4) is 0 Å². The molecule has 0 aliphatic rings. The zero-order valence-corrected chi connectivity index (χ0v) is 7.53. The highest BCUT2D eigenvalue weighted by Gasteiger charge is 1.98. The van der Waals surface area contributed by atoms with E-state index in [1.165, 1.54) is 11.1 Å². The normalized spacial score (nSPS) is 10.2. The van der Waals surface area contributed by atoms with Gasteiger partial charge in [0.1, 0.15) is 6.26 Å². The summed E-state index contributed by atoms with van der Waals surface area (Å²) in [4.78, 5) is 4.07. The standard InChI is InChI=1S/C11H11NO/c1-9-2-4-10(5-3-9)8-11-12-6-7-13-11/h2-7H,8H2,1H3. The van der Waals surface area contributed by atoms with Gasteiger partial charge in [0.15, 0.2) is 5.89 Å². The van der Waals surface area contributed by atoms with Gasteiger partial charge in [-0.15, -0.1) is 0 Å². The van der Waals surface area contributed by atoms with Gasteiger partial charge in [0.25, 0.3) is 0 Å². The number of oxazole rings is 1. The van der Waals surface area contributed by atoms with E-state index in [-0.39, 0.29) is 0 Å². The van der Waals surface area contributed by atoms with Crippen molar-refractivity contribution in [2.75, 3.05) is 0 Å². The molecule has 0 radical (unpaired) electrons. The van der Waals surface area contributed by atoms with Gasteiger partial charge in [-0.3, -0.25) is 0 Å². The van der Waals surface area contributed by atoms with Crippen LogP contribution < -0.4 is 0 Å². The summed E-state index contributed by atoms with van der Waals surface area (Å²) in [6, 6.07) is 8.38. The van der Waals surface area contributed by atoms with Gasteiger partial charge in [-0.1, -0.05) is 29.8 Å². The fraction of sp³-hybridized carbons (Fsp3) is 0.182.